The molecule has 0 fully saturated rings. The first kappa shape index (κ1) is 13.3. The third-order valence-electron chi connectivity index (χ3n) is 2.36. The number of benzene rings is 1. The number of ether oxygens (including phenoxy) is 1. The van der Waals surface area contributed by atoms with Gasteiger partial charge in [0.15, 0.2) is 0 Å². The average Bonchev–Trinajstić information content (AvgIpc) is 2.89. The van der Waals surface area contributed by atoms with Crippen LogP contribution < -0.4 is 0 Å². The van der Waals surface area contributed by atoms with E-state index in [1.54, 1.807) is 18.4 Å². The molecule has 98 valence electrons. The van der Waals surface area contributed by atoms with E-state index in [0.29, 0.717) is 17.7 Å². The number of rotatable bonds is 4. The first-order chi connectivity index (χ1) is 9.28. The predicted molar refractivity (Wildman–Crippen MR) is 67.6 cm³/mol. The van der Waals surface area contributed by atoms with Crippen LogP contribution >= 0.6 is 0 Å². The van der Waals surface area contributed by atoms with Crippen LogP contribution in [0, 0.1) is 17.7 Å². The van der Waals surface area contributed by atoms with E-state index < -0.39 is 0 Å². The standard InChI is InChI=1S/C15H13FO3/c16-14-8-12(3-1-5-17)7-13(9-14)10-18-11-15-4-2-6-19-15/h2,4,6-9,17H,5,10-11H2. The molecule has 0 saturated heterocycles. The molecule has 1 aromatic heterocycles. The van der Waals surface area contributed by atoms with Crippen molar-refractivity contribution in [1.29, 1.82) is 0 Å². The largest absolute Gasteiger partial charge is 0.467 e. The van der Waals surface area contributed by atoms with Crippen molar-refractivity contribution in [2.45, 2.75) is 13.2 Å². The lowest BCUT2D eigenvalue weighted by Gasteiger charge is -2.04. The maximum Gasteiger partial charge on any atom is 0.129 e. The number of aliphatic hydroxyl groups is 1. The molecule has 0 radical (unpaired) electrons. The normalized spacial score (nSPS) is 10.0. The van der Waals surface area contributed by atoms with Gasteiger partial charge in [0, 0.05) is 5.56 Å². The van der Waals surface area contributed by atoms with Gasteiger partial charge in [0.25, 0.3) is 0 Å². The Hall–Kier alpha value is -2.09. The Labute approximate surface area is 110 Å². The second-order valence-corrected chi connectivity index (χ2v) is 3.88. The van der Waals surface area contributed by atoms with Gasteiger partial charge in [-0.05, 0) is 35.9 Å². The van der Waals surface area contributed by atoms with Gasteiger partial charge in [-0.15, -0.1) is 0 Å². The molecule has 0 atom stereocenters. The summed E-state index contributed by atoms with van der Waals surface area (Å²) in [7, 11) is 0. The SMILES string of the molecule is OCC#Cc1cc(F)cc(COCc2ccco2)c1. The summed E-state index contributed by atoms with van der Waals surface area (Å²) in [5.74, 6) is 5.49. The van der Waals surface area contributed by atoms with E-state index in [-0.39, 0.29) is 19.0 Å². The second kappa shape index (κ2) is 6.74. The topological polar surface area (TPSA) is 42.6 Å². The molecule has 0 saturated carbocycles. The van der Waals surface area contributed by atoms with Gasteiger partial charge in [-0.2, -0.15) is 0 Å². The first-order valence-corrected chi connectivity index (χ1v) is 5.77. The van der Waals surface area contributed by atoms with Crippen LogP contribution in [0.2, 0.25) is 0 Å². The van der Waals surface area contributed by atoms with E-state index in [1.807, 2.05) is 6.07 Å². The van der Waals surface area contributed by atoms with Crippen LogP contribution in [0.15, 0.2) is 41.0 Å². The summed E-state index contributed by atoms with van der Waals surface area (Å²) >= 11 is 0. The molecular weight excluding hydrogens is 247 g/mol. The molecule has 2 rings (SSSR count). The molecule has 3 nitrogen and oxygen atoms in total. The Balaban J connectivity index is 1.97. The zero-order chi connectivity index (χ0) is 13.5. The molecule has 0 aliphatic heterocycles. The van der Waals surface area contributed by atoms with Crippen LogP contribution in [0.4, 0.5) is 4.39 Å². The summed E-state index contributed by atoms with van der Waals surface area (Å²) in [6.07, 6.45) is 1.57. The molecule has 1 heterocycles. The molecule has 0 bridgehead atoms. The van der Waals surface area contributed by atoms with Crippen LogP contribution in [0.25, 0.3) is 0 Å². The Bertz CT molecular complexity index is 579. The highest BCUT2D eigenvalue weighted by Crippen LogP contribution is 2.11. The summed E-state index contributed by atoms with van der Waals surface area (Å²) in [6, 6.07) is 8.03. The molecule has 0 amide bonds. The van der Waals surface area contributed by atoms with E-state index in [4.69, 9.17) is 14.3 Å². The highest BCUT2D eigenvalue weighted by atomic mass is 19.1. The zero-order valence-electron chi connectivity index (χ0n) is 10.2. The Kier molecular flexibility index (Phi) is 4.73. The quantitative estimate of drug-likeness (QED) is 0.859. The molecule has 0 aliphatic rings. The van der Waals surface area contributed by atoms with Crippen molar-refractivity contribution in [3.05, 3.63) is 59.3 Å². The lowest BCUT2D eigenvalue weighted by Crippen LogP contribution is -1.95. The van der Waals surface area contributed by atoms with E-state index >= 15 is 0 Å². The fourth-order valence-corrected chi connectivity index (χ4v) is 1.61. The van der Waals surface area contributed by atoms with E-state index in [9.17, 15) is 4.39 Å². The summed E-state index contributed by atoms with van der Waals surface area (Å²) in [4.78, 5) is 0. The van der Waals surface area contributed by atoms with E-state index in [0.717, 1.165) is 5.76 Å². The molecule has 19 heavy (non-hydrogen) atoms. The van der Waals surface area contributed by atoms with Crippen molar-refractivity contribution >= 4 is 0 Å². The maximum atomic E-state index is 13.4. The van der Waals surface area contributed by atoms with Gasteiger partial charge >= 0.3 is 0 Å². The zero-order valence-corrected chi connectivity index (χ0v) is 10.2. The van der Waals surface area contributed by atoms with Crippen molar-refractivity contribution in [2.75, 3.05) is 6.61 Å². The van der Waals surface area contributed by atoms with Gasteiger partial charge in [-0.25, -0.2) is 4.39 Å². The second-order valence-electron chi connectivity index (χ2n) is 3.88. The van der Waals surface area contributed by atoms with E-state index in [1.165, 1.54) is 12.1 Å². The highest BCUT2D eigenvalue weighted by Gasteiger charge is 2.01. The van der Waals surface area contributed by atoms with Gasteiger partial charge in [0.1, 0.15) is 24.8 Å². The van der Waals surface area contributed by atoms with Gasteiger partial charge in [0.05, 0.1) is 12.9 Å². The molecule has 0 aliphatic carbocycles. The number of halogens is 1. The number of hydrogen-bond donors (Lipinski definition) is 1. The van der Waals surface area contributed by atoms with Crippen LogP contribution in [-0.2, 0) is 18.0 Å². The monoisotopic (exact) mass is 260 g/mol. The average molecular weight is 260 g/mol. The van der Waals surface area contributed by atoms with Crippen LogP contribution in [0.1, 0.15) is 16.9 Å². The lowest BCUT2D eigenvalue weighted by molar-refractivity contribution is 0.0927. The number of furan rings is 1. The fourth-order valence-electron chi connectivity index (χ4n) is 1.61. The molecule has 2 aromatic rings. The highest BCUT2D eigenvalue weighted by molar-refractivity contribution is 5.37. The van der Waals surface area contributed by atoms with Crippen molar-refractivity contribution in [2.24, 2.45) is 0 Å². The van der Waals surface area contributed by atoms with Crippen LogP contribution in [0.5, 0.6) is 0 Å². The number of aliphatic hydroxyl groups excluding tert-OH is 1. The Morgan fingerprint density at radius 2 is 2.16 bits per heavy atom. The summed E-state index contributed by atoms with van der Waals surface area (Å²) in [6.45, 7) is 0.355. The smallest absolute Gasteiger partial charge is 0.129 e. The molecule has 1 aromatic carbocycles. The van der Waals surface area contributed by atoms with Crippen molar-refractivity contribution in [3.8, 4) is 11.8 Å². The molecule has 0 unspecified atom stereocenters. The minimum atomic E-state index is -0.374. The molecule has 4 heteroatoms. The van der Waals surface area contributed by atoms with Gasteiger partial charge in [-0.1, -0.05) is 11.8 Å². The minimum Gasteiger partial charge on any atom is -0.467 e. The predicted octanol–water partition coefficient (Wildman–Crippen LogP) is 2.48. The van der Waals surface area contributed by atoms with Crippen molar-refractivity contribution in [1.82, 2.24) is 0 Å². The lowest BCUT2D eigenvalue weighted by atomic mass is 10.1. The molecule has 1 N–H and O–H groups in total. The van der Waals surface area contributed by atoms with Gasteiger partial charge < -0.3 is 14.3 Å². The first-order valence-electron chi connectivity index (χ1n) is 5.77. The third kappa shape index (κ3) is 4.25. The Morgan fingerprint density at radius 1 is 1.26 bits per heavy atom. The third-order valence-corrected chi connectivity index (χ3v) is 2.36. The minimum absolute atomic E-state index is 0.249. The number of hydrogen-bond acceptors (Lipinski definition) is 3. The maximum absolute atomic E-state index is 13.4. The fraction of sp³-hybridized carbons (Fsp3) is 0.200. The molecule has 0 spiro atoms. The van der Waals surface area contributed by atoms with Crippen molar-refractivity contribution < 1.29 is 18.7 Å². The summed E-state index contributed by atoms with van der Waals surface area (Å²) in [5.41, 5.74) is 1.21. The van der Waals surface area contributed by atoms with Gasteiger partial charge in [-0.3, -0.25) is 0 Å². The summed E-state index contributed by atoms with van der Waals surface area (Å²) < 4.78 is 23.9. The van der Waals surface area contributed by atoms with E-state index in [2.05, 4.69) is 11.8 Å². The molecular formula is C15H13FO3. The van der Waals surface area contributed by atoms with Gasteiger partial charge in [0.2, 0.25) is 0 Å². The summed E-state index contributed by atoms with van der Waals surface area (Å²) in [5, 5.41) is 8.61. The van der Waals surface area contributed by atoms with Crippen LogP contribution in [-0.4, -0.2) is 11.7 Å². The van der Waals surface area contributed by atoms with Crippen molar-refractivity contribution in [3.63, 3.8) is 0 Å². The van der Waals surface area contributed by atoms with Crippen LogP contribution in [0.3, 0.4) is 0 Å². The Morgan fingerprint density at radius 3 is 2.89 bits per heavy atom.